The van der Waals surface area contributed by atoms with E-state index in [1.54, 1.807) is 6.20 Å². The highest BCUT2D eigenvalue weighted by Gasteiger charge is 2.22. The van der Waals surface area contributed by atoms with Gasteiger partial charge in [0.05, 0.1) is 0 Å². The van der Waals surface area contributed by atoms with Crippen molar-refractivity contribution in [1.29, 1.82) is 0 Å². The Morgan fingerprint density at radius 3 is 3.07 bits per heavy atom. The molecule has 0 aromatic carbocycles. The van der Waals surface area contributed by atoms with E-state index in [1.807, 2.05) is 12.1 Å². The molecule has 2 rings (SSSR count). The zero-order valence-electron chi connectivity index (χ0n) is 8.74. The molecule has 4 heteroatoms. The fraction of sp³-hybridized carbons (Fsp3) is 0.545. The number of nitrogens with zero attached hydrogens (tertiary/aromatic N) is 1. The van der Waals surface area contributed by atoms with Gasteiger partial charge >= 0.3 is 0 Å². The highest BCUT2D eigenvalue weighted by molar-refractivity contribution is 9.10. The molecule has 0 bridgehead atoms. The van der Waals surface area contributed by atoms with Crippen molar-refractivity contribution in [2.24, 2.45) is 5.92 Å². The van der Waals surface area contributed by atoms with Crippen molar-refractivity contribution in [2.45, 2.75) is 19.4 Å². The van der Waals surface area contributed by atoms with Gasteiger partial charge in [0.25, 0.3) is 0 Å². The second kappa shape index (κ2) is 4.94. The Hall–Kier alpha value is -0.610. The van der Waals surface area contributed by atoms with Crippen LogP contribution in [-0.4, -0.2) is 24.2 Å². The lowest BCUT2D eigenvalue weighted by atomic mass is 9.97. The summed E-state index contributed by atoms with van der Waals surface area (Å²) in [6.07, 6.45) is 3.17. The quantitative estimate of drug-likeness (QED) is 0.895. The summed E-state index contributed by atoms with van der Waals surface area (Å²) < 4.78 is 6.80. The van der Waals surface area contributed by atoms with Crippen LogP contribution in [0.1, 0.15) is 13.3 Å². The minimum absolute atomic E-state index is 0.243. The minimum atomic E-state index is 0.243. The van der Waals surface area contributed by atoms with Crippen molar-refractivity contribution < 1.29 is 4.74 Å². The maximum absolute atomic E-state index is 5.83. The predicted molar refractivity (Wildman–Crippen MR) is 63.0 cm³/mol. The molecule has 1 aromatic rings. The predicted octanol–water partition coefficient (Wildman–Crippen LogP) is 2.22. The van der Waals surface area contributed by atoms with E-state index in [2.05, 4.69) is 33.2 Å². The van der Waals surface area contributed by atoms with Gasteiger partial charge in [-0.25, -0.2) is 4.98 Å². The van der Waals surface area contributed by atoms with Crippen molar-refractivity contribution in [3.8, 4) is 5.88 Å². The fourth-order valence-corrected chi connectivity index (χ4v) is 1.94. The molecule has 1 aromatic heterocycles. The van der Waals surface area contributed by atoms with E-state index in [-0.39, 0.29) is 6.10 Å². The average molecular weight is 271 g/mol. The summed E-state index contributed by atoms with van der Waals surface area (Å²) in [7, 11) is 0. The molecule has 1 aliphatic heterocycles. The summed E-state index contributed by atoms with van der Waals surface area (Å²) in [4.78, 5) is 4.21. The van der Waals surface area contributed by atoms with Gasteiger partial charge in [-0.3, -0.25) is 0 Å². The normalized spacial score (nSPS) is 26.3. The van der Waals surface area contributed by atoms with Gasteiger partial charge in [-0.1, -0.05) is 6.92 Å². The molecule has 0 aliphatic carbocycles. The van der Waals surface area contributed by atoms with Crippen molar-refractivity contribution in [2.75, 3.05) is 13.1 Å². The number of hydrogen-bond donors (Lipinski definition) is 1. The highest BCUT2D eigenvalue weighted by Crippen LogP contribution is 2.19. The monoisotopic (exact) mass is 270 g/mol. The van der Waals surface area contributed by atoms with Crippen LogP contribution in [0.5, 0.6) is 5.88 Å². The Balaban J connectivity index is 1.98. The van der Waals surface area contributed by atoms with E-state index in [9.17, 15) is 0 Å². The van der Waals surface area contributed by atoms with Gasteiger partial charge in [0, 0.05) is 23.3 Å². The lowest BCUT2D eigenvalue weighted by Gasteiger charge is -2.29. The van der Waals surface area contributed by atoms with E-state index in [1.165, 1.54) is 6.42 Å². The third kappa shape index (κ3) is 2.92. The largest absolute Gasteiger partial charge is 0.473 e. The van der Waals surface area contributed by atoms with Crippen LogP contribution in [-0.2, 0) is 0 Å². The smallest absolute Gasteiger partial charge is 0.213 e. The zero-order chi connectivity index (χ0) is 10.7. The van der Waals surface area contributed by atoms with E-state index in [0.717, 1.165) is 17.6 Å². The topological polar surface area (TPSA) is 34.1 Å². The summed E-state index contributed by atoms with van der Waals surface area (Å²) in [5, 5.41) is 3.33. The molecule has 0 radical (unpaired) electrons. The molecule has 3 nitrogen and oxygen atoms in total. The van der Waals surface area contributed by atoms with Crippen molar-refractivity contribution >= 4 is 15.9 Å². The van der Waals surface area contributed by atoms with Gasteiger partial charge in [0.15, 0.2) is 0 Å². The molecule has 1 N–H and O–H groups in total. The molecule has 2 atom stereocenters. The summed E-state index contributed by atoms with van der Waals surface area (Å²) in [5.74, 6) is 1.30. The first-order valence-corrected chi connectivity index (χ1v) is 6.04. The first kappa shape index (κ1) is 10.9. The maximum atomic E-state index is 5.83. The average Bonchev–Trinajstić information content (AvgIpc) is 2.25. The van der Waals surface area contributed by atoms with Gasteiger partial charge in [-0.05, 0) is 40.9 Å². The first-order valence-electron chi connectivity index (χ1n) is 5.24. The zero-order valence-corrected chi connectivity index (χ0v) is 10.3. The van der Waals surface area contributed by atoms with Gasteiger partial charge in [0.2, 0.25) is 5.88 Å². The summed E-state index contributed by atoms with van der Waals surface area (Å²) >= 11 is 3.35. The number of piperidine rings is 1. The Morgan fingerprint density at radius 1 is 1.53 bits per heavy atom. The third-order valence-corrected chi connectivity index (χ3v) is 3.20. The van der Waals surface area contributed by atoms with Gasteiger partial charge in [-0.15, -0.1) is 0 Å². The Labute approximate surface area is 98.4 Å². The number of pyridine rings is 1. The molecular weight excluding hydrogens is 256 g/mol. The molecule has 0 saturated carbocycles. The lowest BCUT2D eigenvalue weighted by molar-refractivity contribution is 0.110. The summed E-state index contributed by atoms with van der Waals surface area (Å²) in [6, 6.07) is 3.84. The molecule has 15 heavy (non-hydrogen) atoms. The van der Waals surface area contributed by atoms with Crippen LogP contribution in [0.2, 0.25) is 0 Å². The Bertz CT molecular complexity index is 315. The molecule has 1 aliphatic rings. The number of hydrogen-bond acceptors (Lipinski definition) is 3. The Morgan fingerprint density at radius 2 is 2.40 bits per heavy atom. The van der Waals surface area contributed by atoms with Crippen LogP contribution >= 0.6 is 15.9 Å². The van der Waals surface area contributed by atoms with E-state index in [4.69, 9.17) is 4.74 Å². The van der Waals surface area contributed by atoms with Crippen molar-refractivity contribution in [3.63, 3.8) is 0 Å². The molecular formula is C11H15BrN2O. The van der Waals surface area contributed by atoms with Gasteiger partial charge in [-0.2, -0.15) is 0 Å². The first-order chi connectivity index (χ1) is 7.25. The number of aromatic nitrogens is 1. The SMILES string of the molecule is CC1CCNCC1Oc1ccc(Br)cn1. The van der Waals surface area contributed by atoms with Gasteiger partial charge in [0.1, 0.15) is 6.10 Å². The Kier molecular flexibility index (Phi) is 3.59. The second-order valence-electron chi connectivity index (χ2n) is 3.94. The van der Waals surface area contributed by atoms with Crippen LogP contribution in [0.3, 0.4) is 0 Å². The van der Waals surface area contributed by atoms with E-state index in [0.29, 0.717) is 11.8 Å². The third-order valence-electron chi connectivity index (χ3n) is 2.73. The highest BCUT2D eigenvalue weighted by atomic mass is 79.9. The number of halogens is 1. The lowest BCUT2D eigenvalue weighted by Crippen LogP contribution is -2.42. The van der Waals surface area contributed by atoms with Crippen molar-refractivity contribution in [3.05, 3.63) is 22.8 Å². The molecule has 1 saturated heterocycles. The molecule has 0 spiro atoms. The molecule has 1 fully saturated rings. The van der Waals surface area contributed by atoms with Crippen molar-refractivity contribution in [1.82, 2.24) is 10.3 Å². The second-order valence-corrected chi connectivity index (χ2v) is 4.86. The van der Waals surface area contributed by atoms with Crippen LogP contribution in [0.25, 0.3) is 0 Å². The van der Waals surface area contributed by atoms with E-state index >= 15 is 0 Å². The molecule has 2 unspecified atom stereocenters. The van der Waals surface area contributed by atoms with Gasteiger partial charge < -0.3 is 10.1 Å². The van der Waals surface area contributed by atoms with E-state index < -0.39 is 0 Å². The number of ether oxygens (including phenoxy) is 1. The number of rotatable bonds is 2. The summed E-state index contributed by atoms with van der Waals surface area (Å²) in [6.45, 7) is 4.23. The summed E-state index contributed by atoms with van der Waals surface area (Å²) in [5.41, 5.74) is 0. The minimum Gasteiger partial charge on any atom is -0.473 e. The van der Waals surface area contributed by atoms with Crippen LogP contribution in [0.15, 0.2) is 22.8 Å². The maximum Gasteiger partial charge on any atom is 0.213 e. The number of nitrogens with one attached hydrogen (secondary N) is 1. The van der Waals surface area contributed by atoms with Crippen LogP contribution in [0, 0.1) is 5.92 Å². The van der Waals surface area contributed by atoms with Crippen LogP contribution < -0.4 is 10.1 Å². The molecule has 0 amide bonds. The standard InChI is InChI=1S/C11H15BrN2O/c1-8-4-5-13-7-10(8)15-11-3-2-9(12)6-14-11/h2-3,6,8,10,13H,4-5,7H2,1H3. The molecule has 2 heterocycles. The molecule has 82 valence electrons. The fourth-order valence-electron chi connectivity index (χ4n) is 1.71. The van der Waals surface area contributed by atoms with Crippen LogP contribution in [0.4, 0.5) is 0 Å².